The molecule has 3 aromatic carbocycles. The van der Waals surface area contributed by atoms with Crippen molar-refractivity contribution in [2.45, 2.75) is 71.2 Å². The van der Waals surface area contributed by atoms with Crippen LogP contribution in [-0.4, -0.2) is 46.0 Å². The van der Waals surface area contributed by atoms with Gasteiger partial charge in [0.1, 0.15) is 22.6 Å². The lowest BCUT2D eigenvalue weighted by Crippen LogP contribution is -2.36. The highest BCUT2D eigenvalue weighted by Crippen LogP contribution is 2.45. The zero-order valence-corrected chi connectivity index (χ0v) is 30.5. The minimum absolute atomic E-state index is 0.0987. The van der Waals surface area contributed by atoms with Crippen LogP contribution in [0.15, 0.2) is 42.5 Å². The van der Waals surface area contributed by atoms with E-state index in [0.717, 1.165) is 59.4 Å². The number of benzene rings is 3. The molecule has 0 radical (unpaired) electrons. The van der Waals surface area contributed by atoms with Crippen molar-refractivity contribution in [1.29, 1.82) is 0 Å². The van der Waals surface area contributed by atoms with Gasteiger partial charge in [0.15, 0.2) is 11.6 Å². The number of nitrogens with zero attached hydrogens (tertiary/aromatic N) is 3. The molecule has 1 atom stereocenters. The summed E-state index contributed by atoms with van der Waals surface area (Å²) in [5.41, 5.74) is 8.80. The maximum absolute atomic E-state index is 15.5. The van der Waals surface area contributed by atoms with Gasteiger partial charge in [-0.3, -0.25) is 14.5 Å². The largest absolute Gasteiger partial charge is 0.496 e. The van der Waals surface area contributed by atoms with E-state index in [1.165, 1.54) is 7.11 Å². The molecule has 0 spiro atoms. The Morgan fingerprint density at radius 2 is 1.80 bits per heavy atom. The van der Waals surface area contributed by atoms with Gasteiger partial charge in [-0.05, 0) is 62.3 Å². The summed E-state index contributed by atoms with van der Waals surface area (Å²) in [6.45, 7) is 5.84. The first-order chi connectivity index (χ1) is 24.5. The van der Waals surface area contributed by atoms with E-state index in [-0.39, 0.29) is 46.4 Å². The molecule has 0 saturated heterocycles. The number of carbonyl (C=O) groups is 2. The van der Waals surface area contributed by atoms with Gasteiger partial charge < -0.3 is 24.2 Å². The zero-order valence-electron chi connectivity index (χ0n) is 28.9. The van der Waals surface area contributed by atoms with Crippen molar-refractivity contribution in [1.82, 2.24) is 19.9 Å². The second-order valence-electron chi connectivity index (χ2n) is 13.5. The second kappa shape index (κ2) is 14.5. The van der Waals surface area contributed by atoms with Gasteiger partial charge in [0.05, 0.1) is 36.0 Å². The van der Waals surface area contributed by atoms with Crippen molar-refractivity contribution in [3.05, 3.63) is 92.2 Å². The maximum Gasteiger partial charge on any atom is 0.327 e. The lowest BCUT2D eigenvalue weighted by molar-refractivity contribution is -0.153. The summed E-state index contributed by atoms with van der Waals surface area (Å²) >= 11 is 13.5. The molecule has 3 aliphatic rings. The van der Waals surface area contributed by atoms with Crippen LogP contribution in [0.1, 0.15) is 77.9 Å². The molecule has 51 heavy (non-hydrogen) atoms. The highest BCUT2D eigenvalue weighted by molar-refractivity contribution is 6.36. The molecule has 1 aliphatic heterocycles. The molecule has 13 heteroatoms. The Kier molecular flexibility index (Phi) is 9.99. The summed E-state index contributed by atoms with van der Waals surface area (Å²) in [6, 6.07) is 13.4. The molecule has 1 amide bonds. The molecule has 1 fully saturated rings. The highest BCUT2D eigenvalue weighted by atomic mass is 35.5. The van der Waals surface area contributed by atoms with Crippen LogP contribution in [-0.2, 0) is 42.6 Å². The van der Waals surface area contributed by atoms with Crippen molar-refractivity contribution < 1.29 is 28.3 Å². The summed E-state index contributed by atoms with van der Waals surface area (Å²) in [5, 5.41) is 3.22. The van der Waals surface area contributed by atoms with E-state index in [2.05, 4.69) is 29.5 Å². The first-order valence-corrected chi connectivity index (χ1v) is 18.0. The number of anilines is 1. The normalized spacial score (nSPS) is 16.9. The third-order valence-electron chi connectivity index (χ3n) is 10.0. The SMILES string of the molecule is COc1cc(OC2CCc3c(-c4cccc(NC(=O)c5nc6c(n5C)CCN(C(C)C)C6)c4Cl)cccc32)c(Cl)c(F)c1CNOC(=O)C1CC1. The molecular weight excluding hydrogens is 696 g/mol. The lowest BCUT2D eigenvalue weighted by Gasteiger charge is -2.29. The van der Waals surface area contributed by atoms with Gasteiger partial charge in [-0.1, -0.05) is 53.5 Å². The molecule has 268 valence electrons. The summed E-state index contributed by atoms with van der Waals surface area (Å²) < 4.78 is 29.2. The fourth-order valence-electron chi connectivity index (χ4n) is 6.98. The number of hydrogen-bond acceptors (Lipinski definition) is 8. The number of fused-ring (bicyclic) bond motifs is 2. The number of halogens is 3. The third-order valence-corrected chi connectivity index (χ3v) is 10.8. The van der Waals surface area contributed by atoms with E-state index in [0.29, 0.717) is 42.0 Å². The number of amides is 1. The Morgan fingerprint density at radius 1 is 1.04 bits per heavy atom. The molecule has 2 aliphatic carbocycles. The van der Waals surface area contributed by atoms with Crippen LogP contribution in [0.3, 0.4) is 0 Å². The average Bonchev–Trinajstić information content (AvgIpc) is 3.82. The number of methoxy groups -OCH3 is 1. The van der Waals surface area contributed by atoms with E-state index < -0.39 is 11.9 Å². The van der Waals surface area contributed by atoms with E-state index >= 15 is 4.39 Å². The number of hydroxylamine groups is 1. The Balaban J connectivity index is 1.09. The average molecular weight is 737 g/mol. The third kappa shape index (κ3) is 6.92. The topological polar surface area (TPSA) is 107 Å². The molecule has 1 unspecified atom stereocenters. The molecule has 7 rings (SSSR count). The first kappa shape index (κ1) is 35.3. The minimum Gasteiger partial charge on any atom is -0.496 e. The number of imidazole rings is 1. The monoisotopic (exact) mass is 735 g/mol. The van der Waals surface area contributed by atoms with E-state index in [4.69, 9.17) is 42.5 Å². The van der Waals surface area contributed by atoms with Gasteiger partial charge >= 0.3 is 5.97 Å². The summed E-state index contributed by atoms with van der Waals surface area (Å²) in [4.78, 5) is 37.5. The van der Waals surface area contributed by atoms with Gasteiger partial charge in [0.2, 0.25) is 0 Å². The van der Waals surface area contributed by atoms with Crippen LogP contribution in [0.5, 0.6) is 11.5 Å². The molecule has 1 saturated carbocycles. The van der Waals surface area contributed by atoms with Crippen molar-refractivity contribution in [3.63, 3.8) is 0 Å². The van der Waals surface area contributed by atoms with Crippen LogP contribution in [0.2, 0.25) is 10.0 Å². The zero-order chi connectivity index (χ0) is 36.0. The highest BCUT2D eigenvalue weighted by Gasteiger charge is 2.33. The van der Waals surface area contributed by atoms with Gasteiger partial charge in [-0.2, -0.15) is 0 Å². The number of nitrogens with one attached hydrogen (secondary N) is 2. The standard InChI is InChI=1S/C38H40Cl2FN5O5/c1-20(2)46-16-15-29-28(19-46)43-36(45(29)3)37(47)44-27-10-6-9-25(33(27)39)22-7-5-8-24-23(22)13-14-30(24)50-32-17-31(49-4)26(35(41)34(32)40)18-42-51-38(48)21-11-12-21/h5-10,17,20-21,30,42H,11-16,18-19H2,1-4H3,(H,44,47). The molecular formula is C38H40Cl2FN5O5. The van der Waals surface area contributed by atoms with E-state index in [9.17, 15) is 9.59 Å². The molecule has 1 aromatic heterocycles. The predicted molar refractivity (Wildman–Crippen MR) is 193 cm³/mol. The van der Waals surface area contributed by atoms with Crippen LogP contribution >= 0.6 is 23.2 Å². The summed E-state index contributed by atoms with van der Waals surface area (Å²) in [5.74, 6) is -0.805. The van der Waals surface area contributed by atoms with Gasteiger partial charge in [0, 0.05) is 55.5 Å². The molecule has 2 heterocycles. The van der Waals surface area contributed by atoms with Crippen molar-refractivity contribution in [2.24, 2.45) is 13.0 Å². The fraction of sp³-hybridized carbons (Fsp3) is 0.395. The van der Waals surface area contributed by atoms with E-state index in [1.54, 1.807) is 12.1 Å². The van der Waals surface area contributed by atoms with Crippen LogP contribution in [0, 0.1) is 11.7 Å². The molecule has 10 nitrogen and oxygen atoms in total. The Bertz CT molecular complexity index is 2010. The summed E-state index contributed by atoms with van der Waals surface area (Å²) in [6.07, 6.45) is 3.32. The quantitative estimate of drug-likeness (QED) is 0.152. The molecule has 0 bridgehead atoms. The Labute approximate surface area is 306 Å². The second-order valence-corrected chi connectivity index (χ2v) is 14.3. The minimum atomic E-state index is -0.721. The Morgan fingerprint density at radius 3 is 2.55 bits per heavy atom. The van der Waals surface area contributed by atoms with Crippen molar-refractivity contribution >= 4 is 40.8 Å². The molecule has 4 aromatic rings. The Hall–Kier alpha value is -4.16. The van der Waals surface area contributed by atoms with Gasteiger partial charge in [0.25, 0.3) is 5.91 Å². The van der Waals surface area contributed by atoms with Crippen LogP contribution in [0.4, 0.5) is 10.1 Å². The fourth-order valence-corrected chi connectivity index (χ4v) is 7.47. The smallest absolute Gasteiger partial charge is 0.327 e. The number of aromatic nitrogens is 2. The number of rotatable bonds is 11. The lowest BCUT2D eigenvalue weighted by atomic mass is 9.96. The summed E-state index contributed by atoms with van der Waals surface area (Å²) in [7, 11) is 3.31. The van der Waals surface area contributed by atoms with Crippen molar-refractivity contribution in [3.8, 4) is 22.6 Å². The van der Waals surface area contributed by atoms with Gasteiger partial charge in [-0.15, -0.1) is 5.48 Å². The number of carbonyl (C=O) groups excluding carboxylic acids is 2. The first-order valence-electron chi connectivity index (χ1n) is 17.2. The van der Waals surface area contributed by atoms with Crippen LogP contribution < -0.4 is 20.3 Å². The predicted octanol–water partition coefficient (Wildman–Crippen LogP) is 7.58. The van der Waals surface area contributed by atoms with Crippen LogP contribution in [0.25, 0.3) is 11.1 Å². The maximum atomic E-state index is 15.5. The van der Waals surface area contributed by atoms with Gasteiger partial charge in [-0.25, -0.2) is 9.37 Å². The number of hydrogen-bond donors (Lipinski definition) is 2. The molecule has 2 N–H and O–H groups in total. The number of ether oxygens (including phenoxy) is 2. The van der Waals surface area contributed by atoms with E-state index in [1.807, 2.05) is 41.9 Å². The van der Waals surface area contributed by atoms with Crippen molar-refractivity contribution in [2.75, 3.05) is 19.0 Å².